The van der Waals surface area contributed by atoms with Crippen molar-refractivity contribution in [2.75, 3.05) is 7.11 Å². The van der Waals surface area contributed by atoms with Crippen molar-refractivity contribution >= 4 is 15.9 Å². The molecular weight excluding hydrogens is 359 g/mol. The van der Waals surface area contributed by atoms with E-state index in [4.69, 9.17) is 0 Å². The van der Waals surface area contributed by atoms with E-state index in [-0.39, 0.29) is 22.7 Å². The summed E-state index contributed by atoms with van der Waals surface area (Å²) in [5, 5.41) is 0. The third kappa shape index (κ3) is 4.27. The Kier molecular flexibility index (Phi) is 5.36. The fraction of sp³-hybridized carbons (Fsp3) is 0.278. The van der Waals surface area contributed by atoms with Crippen LogP contribution in [0.1, 0.15) is 28.8 Å². The Labute approximate surface area is 151 Å². The lowest BCUT2D eigenvalue weighted by Crippen LogP contribution is -2.32. The van der Waals surface area contributed by atoms with Gasteiger partial charge in [-0.25, -0.2) is 12.8 Å². The van der Waals surface area contributed by atoms with Crippen LogP contribution < -0.4 is 4.89 Å². The second kappa shape index (κ2) is 7.53. The van der Waals surface area contributed by atoms with Crippen molar-refractivity contribution in [1.29, 1.82) is 0 Å². The summed E-state index contributed by atoms with van der Waals surface area (Å²) in [6, 6.07) is 11.9. The van der Waals surface area contributed by atoms with Crippen molar-refractivity contribution in [3.05, 3.63) is 65.5 Å². The molecule has 0 bridgehead atoms. The van der Waals surface area contributed by atoms with Gasteiger partial charge in [-0.05, 0) is 54.8 Å². The molecular formula is C18H19FN2O4S. The molecule has 0 atom stereocenters. The zero-order valence-electron chi connectivity index (χ0n) is 14.2. The highest BCUT2D eigenvalue weighted by molar-refractivity contribution is 7.89. The predicted molar refractivity (Wildman–Crippen MR) is 93.1 cm³/mol. The van der Waals surface area contributed by atoms with Crippen molar-refractivity contribution in [3.63, 3.8) is 0 Å². The number of hydrogen-bond donors (Lipinski definition) is 1. The molecule has 0 spiro atoms. The highest BCUT2D eigenvalue weighted by Gasteiger charge is 2.33. The number of sulfonamides is 1. The highest BCUT2D eigenvalue weighted by atomic mass is 32.2. The van der Waals surface area contributed by atoms with Gasteiger partial charge in [-0.15, -0.1) is 0 Å². The monoisotopic (exact) mass is 378 g/mol. The molecule has 1 saturated carbocycles. The van der Waals surface area contributed by atoms with Gasteiger partial charge >= 0.3 is 0 Å². The smallest absolute Gasteiger partial charge is 0.262 e. The Morgan fingerprint density at radius 1 is 1.23 bits per heavy atom. The molecule has 1 amide bonds. The molecule has 0 heterocycles. The maximum atomic E-state index is 13.4. The summed E-state index contributed by atoms with van der Waals surface area (Å²) in [5.74, 6) is -0.550. The molecule has 2 aromatic carbocycles. The van der Waals surface area contributed by atoms with E-state index in [0.717, 1.165) is 12.8 Å². The number of nitrogens with zero attached hydrogens (tertiary/aromatic N) is 1. The normalized spacial score (nSPS) is 14.2. The molecule has 0 saturated heterocycles. The quantitative estimate of drug-likeness (QED) is 0.751. The van der Waals surface area contributed by atoms with Gasteiger partial charge in [0.2, 0.25) is 0 Å². The van der Waals surface area contributed by atoms with E-state index in [1.54, 1.807) is 17.0 Å². The van der Waals surface area contributed by atoms with Crippen molar-refractivity contribution in [1.82, 2.24) is 9.79 Å². The molecule has 1 N–H and O–H groups in total. The van der Waals surface area contributed by atoms with E-state index < -0.39 is 10.0 Å². The maximum Gasteiger partial charge on any atom is 0.262 e. The Bertz CT molecular complexity index is 896. The number of rotatable bonds is 7. The van der Waals surface area contributed by atoms with Crippen LogP contribution in [0.5, 0.6) is 0 Å². The van der Waals surface area contributed by atoms with Crippen LogP contribution in [0, 0.1) is 5.82 Å². The Balaban J connectivity index is 1.79. The Morgan fingerprint density at radius 3 is 2.50 bits per heavy atom. The molecule has 0 aliphatic heterocycles. The lowest BCUT2D eigenvalue weighted by Gasteiger charge is -2.23. The third-order valence-electron chi connectivity index (χ3n) is 4.10. The number of nitrogens with one attached hydrogen (secondary N) is 1. The molecule has 1 aliphatic carbocycles. The number of amides is 1. The molecule has 0 aromatic heterocycles. The van der Waals surface area contributed by atoms with Crippen LogP contribution >= 0.6 is 0 Å². The zero-order valence-corrected chi connectivity index (χ0v) is 15.0. The van der Waals surface area contributed by atoms with Crippen LogP contribution in [-0.4, -0.2) is 32.4 Å². The topological polar surface area (TPSA) is 75.7 Å². The molecule has 26 heavy (non-hydrogen) atoms. The van der Waals surface area contributed by atoms with Crippen LogP contribution in [0.4, 0.5) is 4.39 Å². The van der Waals surface area contributed by atoms with Crippen molar-refractivity contribution < 1.29 is 22.4 Å². The van der Waals surface area contributed by atoms with E-state index >= 15 is 0 Å². The Morgan fingerprint density at radius 2 is 1.92 bits per heavy atom. The third-order valence-corrected chi connectivity index (χ3v) is 5.37. The van der Waals surface area contributed by atoms with E-state index in [9.17, 15) is 17.6 Å². The van der Waals surface area contributed by atoms with Crippen LogP contribution in [-0.2, 0) is 21.4 Å². The lowest BCUT2D eigenvalue weighted by atomic mass is 10.1. The molecule has 2 aromatic rings. The van der Waals surface area contributed by atoms with Crippen molar-refractivity contribution in [2.45, 2.75) is 30.3 Å². The largest absolute Gasteiger partial charge is 0.331 e. The van der Waals surface area contributed by atoms with Crippen LogP contribution in [0.25, 0.3) is 0 Å². The van der Waals surface area contributed by atoms with Crippen LogP contribution in [0.2, 0.25) is 0 Å². The molecule has 138 valence electrons. The molecule has 3 rings (SSSR count). The van der Waals surface area contributed by atoms with Crippen LogP contribution in [0.3, 0.4) is 0 Å². The van der Waals surface area contributed by atoms with Gasteiger partial charge in [0.15, 0.2) is 0 Å². The van der Waals surface area contributed by atoms with Gasteiger partial charge in [0, 0.05) is 18.2 Å². The summed E-state index contributed by atoms with van der Waals surface area (Å²) in [6.45, 7) is 0.312. The first-order valence-corrected chi connectivity index (χ1v) is 9.59. The van der Waals surface area contributed by atoms with Crippen LogP contribution in [0.15, 0.2) is 53.4 Å². The summed E-state index contributed by atoms with van der Waals surface area (Å²) in [4.78, 5) is 20.9. The van der Waals surface area contributed by atoms with Gasteiger partial charge in [-0.1, -0.05) is 17.0 Å². The van der Waals surface area contributed by atoms with E-state index in [0.29, 0.717) is 17.7 Å². The number of halogens is 1. The minimum Gasteiger partial charge on any atom is -0.331 e. The number of benzene rings is 2. The van der Waals surface area contributed by atoms with Gasteiger partial charge in [-0.2, -0.15) is 0 Å². The first-order chi connectivity index (χ1) is 12.4. The number of hydrogen-bond acceptors (Lipinski definition) is 4. The molecule has 6 nitrogen and oxygen atoms in total. The van der Waals surface area contributed by atoms with E-state index in [2.05, 4.69) is 4.84 Å². The van der Waals surface area contributed by atoms with Gasteiger partial charge in [0.25, 0.3) is 15.9 Å². The molecule has 1 aliphatic rings. The fourth-order valence-electron chi connectivity index (χ4n) is 2.69. The maximum absolute atomic E-state index is 13.4. The lowest BCUT2D eigenvalue weighted by molar-refractivity contribution is 0.0729. The molecule has 0 unspecified atom stereocenters. The van der Waals surface area contributed by atoms with Crippen molar-refractivity contribution in [3.8, 4) is 0 Å². The highest BCUT2D eigenvalue weighted by Crippen LogP contribution is 2.30. The first-order valence-electron chi connectivity index (χ1n) is 8.11. The van der Waals surface area contributed by atoms with Gasteiger partial charge < -0.3 is 4.90 Å². The zero-order chi connectivity index (χ0) is 18.7. The second-order valence-corrected chi connectivity index (χ2v) is 7.75. The standard InChI is InChI=1S/C18H19FN2O4S/c1-25-20-26(23,24)17-9-5-14(6-10-17)18(22)21(16-7-8-16)12-13-3-2-4-15(19)11-13/h2-6,9-11,16,20H,7-8,12H2,1H3. The summed E-state index contributed by atoms with van der Waals surface area (Å²) in [5.41, 5.74) is 1.10. The summed E-state index contributed by atoms with van der Waals surface area (Å²) < 4.78 is 37.1. The molecule has 1 fully saturated rings. The Hall–Kier alpha value is -2.29. The van der Waals surface area contributed by atoms with Gasteiger partial charge in [-0.3, -0.25) is 9.63 Å². The fourth-order valence-corrected chi connectivity index (χ4v) is 3.50. The minimum atomic E-state index is -3.77. The second-order valence-electron chi connectivity index (χ2n) is 6.11. The first kappa shape index (κ1) is 18.5. The van der Waals surface area contributed by atoms with E-state index in [1.807, 2.05) is 4.89 Å². The van der Waals surface area contributed by atoms with Gasteiger partial charge in [0.1, 0.15) is 5.82 Å². The molecule has 0 radical (unpaired) electrons. The summed E-state index contributed by atoms with van der Waals surface area (Å²) >= 11 is 0. The molecule has 8 heteroatoms. The minimum absolute atomic E-state index is 0.000924. The summed E-state index contributed by atoms with van der Waals surface area (Å²) in [7, 11) is -2.57. The summed E-state index contributed by atoms with van der Waals surface area (Å²) in [6.07, 6.45) is 1.82. The predicted octanol–water partition coefficient (Wildman–Crippen LogP) is 2.47. The van der Waals surface area contributed by atoms with Gasteiger partial charge in [0.05, 0.1) is 12.0 Å². The van der Waals surface area contributed by atoms with E-state index in [1.165, 1.54) is 43.5 Å². The average Bonchev–Trinajstić information content (AvgIpc) is 3.44. The van der Waals surface area contributed by atoms with Crippen molar-refractivity contribution in [2.24, 2.45) is 0 Å². The average molecular weight is 378 g/mol. The SMILES string of the molecule is CONS(=O)(=O)c1ccc(C(=O)N(Cc2cccc(F)c2)C2CC2)cc1. The number of carbonyl (C=O) groups excluding carboxylic acids is 1. The number of carbonyl (C=O) groups is 1.